The van der Waals surface area contributed by atoms with E-state index in [4.69, 9.17) is 26.3 Å². The van der Waals surface area contributed by atoms with E-state index in [-0.39, 0.29) is 6.61 Å². The van der Waals surface area contributed by atoms with Crippen LogP contribution in [0.1, 0.15) is 33.5 Å². The molecule has 0 radical (unpaired) electrons. The smallest absolute Gasteiger partial charge is 0.227 e. The molecule has 0 atom stereocenters. The number of halogens is 1. The van der Waals surface area contributed by atoms with Gasteiger partial charge in [-0.2, -0.15) is 4.98 Å². The first-order chi connectivity index (χ1) is 16.0. The van der Waals surface area contributed by atoms with Crippen molar-refractivity contribution in [3.05, 3.63) is 93.3 Å². The van der Waals surface area contributed by atoms with Gasteiger partial charge in [0, 0.05) is 40.1 Å². The topological polar surface area (TPSA) is 68.1 Å². The first-order valence-electron chi connectivity index (χ1n) is 10.6. The van der Waals surface area contributed by atoms with Crippen molar-refractivity contribution >= 4 is 23.4 Å². The number of aliphatic hydroxyl groups is 1. The Morgan fingerprint density at radius 3 is 2.55 bits per heavy atom. The van der Waals surface area contributed by atoms with Gasteiger partial charge in [0.05, 0.1) is 17.9 Å². The summed E-state index contributed by atoms with van der Waals surface area (Å²) >= 11 is 8.01. The fraction of sp³-hybridized carbons (Fsp3) is 0.192. The quantitative estimate of drug-likeness (QED) is 0.238. The summed E-state index contributed by atoms with van der Waals surface area (Å²) in [5, 5.41) is 11.4. The van der Waals surface area contributed by atoms with Gasteiger partial charge in [-0.05, 0) is 25.5 Å². The van der Waals surface area contributed by atoms with Gasteiger partial charge in [-0.25, -0.2) is 4.98 Å². The van der Waals surface area contributed by atoms with Crippen LogP contribution in [0.2, 0.25) is 5.02 Å². The number of hydrogen-bond donors (Lipinski definition) is 1. The van der Waals surface area contributed by atoms with Crippen molar-refractivity contribution < 1.29 is 9.84 Å². The monoisotopic (exact) mass is 475 g/mol. The minimum Gasteiger partial charge on any atom is -0.436 e. The average Bonchev–Trinajstić information content (AvgIpc) is 2.83. The molecule has 2 aromatic carbocycles. The normalized spacial score (nSPS) is 12.1. The Kier molecular flexibility index (Phi) is 6.06. The Labute approximate surface area is 201 Å². The Hall–Kier alpha value is -2.93. The van der Waals surface area contributed by atoms with Gasteiger partial charge in [0.2, 0.25) is 5.88 Å². The maximum Gasteiger partial charge on any atom is 0.227 e. The van der Waals surface area contributed by atoms with Gasteiger partial charge in [0.1, 0.15) is 5.03 Å². The molecule has 33 heavy (non-hydrogen) atoms. The van der Waals surface area contributed by atoms with E-state index in [0.29, 0.717) is 29.6 Å². The molecule has 0 spiro atoms. The number of nitrogens with zero attached hydrogens (tertiary/aromatic N) is 3. The van der Waals surface area contributed by atoms with E-state index in [2.05, 4.69) is 11.9 Å². The summed E-state index contributed by atoms with van der Waals surface area (Å²) in [6, 6.07) is 16.0. The maximum atomic E-state index is 9.85. The molecular formula is C26H22ClN3O2S. The zero-order valence-corrected chi connectivity index (χ0v) is 19.9. The van der Waals surface area contributed by atoms with E-state index >= 15 is 0 Å². The fourth-order valence-corrected chi connectivity index (χ4v) is 5.12. The number of benzene rings is 2. The van der Waals surface area contributed by atoms with Gasteiger partial charge in [-0.15, -0.1) is 11.8 Å². The number of rotatable bonds is 5. The molecule has 3 heterocycles. The molecule has 166 valence electrons. The van der Waals surface area contributed by atoms with Crippen LogP contribution in [0.15, 0.2) is 59.8 Å². The highest BCUT2D eigenvalue weighted by molar-refractivity contribution is 7.98. The Bertz CT molecular complexity index is 1340. The minimum absolute atomic E-state index is 0.0985. The van der Waals surface area contributed by atoms with Crippen LogP contribution in [0.25, 0.3) is 11.4 Å². The molecule has 5 rings (SSSR count). The molecule has 1 N–H and O–H groups in total. The zero-order valence-electron chi connectivity index (χ0n) is 18.3. The molecule has 0 bridgehead atoms. The van der Waals surface area contributed by atoms with Crippen LogP contribution in [0.5, 0.6) is 11.6 Å². The SMILES string of the molecule is Cc1ccc(-c2nc3c(c(SCc4ccccc4Cl)n2)Cc2c(CO)cnc(C)c2O3)cc1. The minimum atomic E-state index is -0.0985. The van der Waals surface area contributed by atoms with E-state index in [1.165, 1.54) is 5.56 Å². The summed E-state index contributed by atoms with van der Waals surface area (Å²) in [6.45, 7) is 3.86. The van der Waals surface area contributed by atoms with Crippen LogP contribution in [-0.2, 0) is 18.8 Å². The molecule has 0 amide bonds. The molecule has 1 aliphatic heterocycles. The lowest BCUT2D eigenvalue weighted by Gasteiger charge is -2.24. The Morgan fingerprint density at radius 1 is 1.00 bits per heavy atom. The van der Waals surface area contributed by atoms with Gasteiger partial charge < -0.3 is 9.84 Å². The highest BCUT2D eigenvalue weighted by Crippen LogP contribution is 2.43. The second kappa shape index (κ2) is 9.14. The number of aliphatic hydroxyl groups excluding tert-OH is 1. The van der Waals surface area contributed by atoms with Gasteiger partial charge >= 0.3 is 0 Å². The molecule has 0 aliphatic carbocycles. The standard InChI is InChI=1S/C26H22ClN3O2S/c1-15-7-9-17(10-8-15)24-29-25-21(11-20-19(13-31)12-28-16(2)23(20)32-25)26(30-24)33-14-18-5-3-4-6-22(18)27/h3-10,12,31H,11,13-14H2,1-2H3. The van der Waals surface area contributed by atoms with E-state index < -0.39 is 0 Å². The second-order valence-corrected chi connectivity index (χ2v) is 9.37. The average molecular weight is 476 g/mol. The molecule has 7 heteroatoms. The molecule has 0 saturated heterocycles. The largest absolute Gasteiger partial charge is 0.436 e. The molecule has 0 saturated carbocycles. The van der Waals surface area contributed by atoms with Crippen molar-refractivity contribution in [2.75, 3.05) is 0 Å². The summed E-state index contributed by atoms with van der Waals surface area (Å²) < 4.78 is 6.29. The van der Waals surface area contributed by atoms with Crippen LogP contribution in [0.4, 0.5) is 0 Å². The molecular weight excluding hydrogens is 454 g/mol. The van der Waals surface area contributed by atoms with Gasteiger partial charge in [0.25, 0.3) is 0 Å². The maximum absolute atomic E-state index is 9.85. The first kappa shape index (κ1) is 21.9. The van der Waals surface area contributed by atoms with Crippen molar-refractivity contribution in [3.63, 3.8) is 0 Å². The number of thioether (sulfide) groups is 1. The van der Waals surface area contributed by atoms with Crippen LogP contribution in [0.3, 0.4) is 0 Å². The fourth-order valence-electron chi connectivity index (χ4n) is 3.81. The number of aromatic nitrogens is 3. The molecule has 0 unspecified atom stereocenters. The van der Waals surface area contributed by atoms with Gasteiger partial charge in [-0.3, -0.25) is 4.98 Å². The number of hydrogen-bond acceptors (Lipinski definition) is 6. The summed E-state index contributed by atoms with van der Waals surface area (Å²) in [5.41, 5.74) is 6.52. The zero-order chi connectivity index (χ0) is 22.9. The highest BCUT2D eigenvalue weighted by atomic mass is 35.5. The summed E-state index contributed by atoms with van der Waals surface area (Å²) in [6.07, 6.45) is 2.28. The predicted molar refractivity (Wildman–Crippen MR) is 131 cm³/mol. The first-order valence-corrected chi connectivity index (χ1v) is 12.0. The Balaban J connectivity index is 1.60. The van der Waals surface area contributed by atoms with Crippen molar-refractivity contribution in [3.8, 4) is 23.0 Å². The molecule has 1 aliphatic rings. The van der Waals surface area contributed by atoms with Crippen LogP contribution >= 0.6 is 23.4 Å². The van der Waals surface area contributed by atoms with E-state index in [9.17, 15) is 5.11 Å². The highest BCUT2D eigenvalue weighted by Gasteiger charge is 2.27. The third-order valence-electron chi connectivity index (χ3n) is 5.69. The van der Waals surface area contributed by atoms with Crippen molar-refractivity contribution in [2.24, 2.45) is 0 Å². The lowest BCUT2D eigenvalue weighted by Crippen LogP contribution is -2.13. The molecule has 0 fully saturated rings. The summed E-state index contributed by atoms with van der Waals surface area (Å²) in [4.78, 5) is 14.1. The molecule has 4 aromatic rings. The number of aryl methyl sites for hydroxylation is 2. The summed E-state index contributed by atoms with van der Waals surface area (Å²) in [7, 11) is 0. The summed E-state index contributed by atoms with van der Waals surface area (Å²) in [5.74, 6) is 2.49. The van der Waals surface area contributed by atoms with Crippen LogP contribution in [-0.4, -0.2) is 20.1 Å². The van der Waals surface area contributed by atoms with E-state index in [0.717, 1.165) is 43.6 Å². The van der Waals surface area contributed by atoms with Crippen LogP contribution in [0, 0.1) is 13.8 Å². The second-order valence-electron chi connectivity index (χ2n) is 8.00. The number of ether oxygens (including phenoxy) is 1. The third kappa shape index (κ3) is 4.34. The van der Waals surface area contributed by atoms with E-state index in [1.807, 2.05) is 55.5 Å². The van der Waals surface area contributed by atoms with Crippen LogP contribution < -0.4 is 4.74 Å². The molecule has 2 aromatic heterocycles. The van der Waals surface area contributed by atoms with Crippen molar-refractivity contribution in [1.82, 2.24) is 15.0 Å². The van der Waals surface area contributed by atoms with Crippen molar-refractivity contribution in [2.45, 2.75) is 37.7 Å². The lowest BCUT2D eigenvalue weighted by atomic mass is 9.99. The number of fused-ring (bicyclic) bond motifs is 2. The number of pyridine rings is 1. The van der Waals surface area contributed by atoms with Crippen molar-refractivity contribution in [1.29, 1.82) is 0 Å². The Morgan fingerprint density at radius 2 is 1.79 bits per heavy atom. The molecule has 5 nitrogen and oxygen atoms in total. The lowest BCUT2D eigenvalue weighted by molar-refractivity contribution is 0.278. The predicted octanol–water partition coefficient (Wildman–Crippen LogP) is 6.29. The van der Waals surface area contributed by atoms with Gasteiger partial charge in [0.15, 0.2) is 11.6 Å². The van der Waals surface area contributed by atoms with E-state index in [1.54, 1.807) is 18.0 Å². The van der Waals surface area contributed by atoms with Gasteiger partial charge in [-0.1, -0.05) is 59.6 Å². The third-order valence-corrected chi connectivity index (χ3v) is 7.13.